The quantitative estimate of drug-likeness (QED) is 0.453. The number of likely N-dealkylation sites (tertiary alicyclic amines) is 1. The van der Waals surface area contributed by atoms with Crippen LogP contribution in [0.4, 0.5) is 0 Å². The Balaban J connectivity index is 1.58. The number of fused-ring (bicyclic) bond motifs is 1. The second-order valence-electron chi connectivity index (χ2n) is 8.01. The fourth-order valence-corrected chi connectivity index (χ4v) is 3.98. The van der Waals surface area contributed by atoms with E-state index in [2.05, 4.69) is 24.0 Å². The first-order valence-corrected chi connectivity index (χ1v) is 11.3. The summed E-state index contributed by atoms with van der Waals surface area (Å²) in [5.41, 5.74) is 2.84. The van der Waals surface area contributed by atoms with E-state index in [1.807, 2.05) is 36.4 Å². The highest BCUT2D eigenvalue weighted by Gasteiger charge is 2.13. The molecule has 0 spiro atoms. The summed E-state index contributed by atoms with van der Waals surface area (Å²) in [6.07, 6.45) is 4.92. The molecule has 164 valence electrons. The summed E-state index contributed by atoms with van der Waals surface area (Å²) in [5.74, 6) is 2.54. The molecular weight excluding hydrogens is 388 g/mol. The van der Waals surface area contributed by atoms with E-state index in [1.165, 1.54) is 32.4 Å². The lowest BCUT2D eigenvalue weighted by Crippen LogP contribution is -2.33. The van der Waals surface area contributed by atoms with E-state index in [-0.39, 0.29) is 0 Å². The molecule has 0 N–H and O–H groups in total. The zero-order valence-electron chi connectivity index (χ0n) is 18.6. The predicted molar refractivity (Wildman–Crippen MR) is 125 cm³/mol. The van der Waals surface area contributed by atoms with Crippen LogP contribution in [0.2, 0.25) is 0 Å². The zero-order valence-corrected chi connectivity index (χ0v) is 18.6. The molecule has 0 radical (unpaired) electrons. The summed E-state index contributed by atoms with van der Waals surface area (Å²) in [5, 5.41) is 0.977. The molecule has 1 saturated heterocycles. The van der Waals surface area contributed by atoms with Gasteiger partial charge in [-0.15, -0.1) is 0 Å². The number of rotatable bonds is 9. The molecule has 5 heteroatoms. The number of hydrogen-bond acceptors (Lipinski definition) is 5. The Kier molecular flexibility index (Phi) is 7.26. The standard InChI is InChI=1S/C26H32N2O3/c1-3-16-30-21-9-7-20(8-10-21)25-19-26(31-17-15-28-13-5-4-6-14-28)23-18-22(29-2)11-12-24(23)27-25/h7-12,18-19H,3-6,13-17H2,1-2H3. The molecule has 0 amide bonds. The predicted octanol–water partition coefficient (Wildman–Crippen LogP) is 5.56. The maximum absolute atomic E-state index is 6.30. The molecule has 2 heterocycles. The van der Waals surface area contributed by atoms with Crippen molar-refractivity contribution in [3.8, 4) is 28.5 Å². The van der Waals surface area contributed by atoms with Crippen LogP contribution in [-0.4, -0.2) is 49.8 Å². The summed E-state index contributed by atoms with van der Waals surface area (Å²) in [7, 11) is 1.68. The van der Waals surface area contributed by atoms with Gasteiger partial charge in [0.15, 0.2) is 0 Å². The second kappa shape index (κ2) is 10.5. The number of pyridine rings is 1. The van der Waals surface area contributed by atoms with E-state index in [0.717, 1.165) is 59.0 Å². The fourth-order valence-electron chi connectivity index (χ4n) is 3.98. The first-order chi connectivity index (χ1) is 15.3. The lowest BCUT2D eigenvalue weighted by molar-refractivity contribution is 0.184. The van der Waals surface area contributed by atoms with Crippen LogP contribution in [0.1, 0.15) is 32.6 Å². The molecule has 31 heavy (non-hydrogen) atoms. The van der Waals surface area contributed by atoms with Crippen molar-refractivity contribution in [1.82, 2.24) is 9.88 Å². The number of piperidine rings is 1. The van der Waals surface area contributed by atoms with Crippen molar-refractivity contribution < 1.29 is 14.2 Å². The first kappa shape index (κ1) is 21.4. The molecular formula is C26H32N2O3. The minimum atomic E-state index is 0.666. The molecule has 0 saturated carbocycles. The van der Waals surface area contributed by atoms with Crippen molar-refractivity contribution in [2.75, 3.05) is 40.0 Å². The summed E-state index contributed by atoms with van der Waals surface area (Å²) in [4.78, 5) is 7.37. The van der Waals surface area contributed by atoms with Crippen LogP contribution < -0.4 is 14.2 Å². The van der Waals surface area contributed by atoms with E-state index in [1.54, 1.807) is 7.11 Å². The molecule has 2 aromatic carbocycles. The molecule has 1 aliphatic heterocycles. The van der Waals surface area contributed by atoms with Gasteiger partial charge in [-0.25, -0.2) is 4.98 Å². The second-order valence-corrected chi connectivity index (χ2v) is 8.01. The van der Waals surface area contributed by atoms with Gasteiger partial charge in [0.05, 0.1) is 24.9 Å². The van der Waals surface area contributed by atoms with Gasteiger partial charge in [0.2, 0.25) is 0 Å². The lowest BCUT2D eigenvalue weighted by atomic mass is 10.1. The van der Waals surface area contributed by atoms with Crippen LogP contribution in [0.15, 0.2) is 48.5 Å². The molecule has 1 fully saturated rings. The van der Waals surface area contributed by atoms with Crippen molar-refractivity contribution in [3.63, 3.8) is 0 Å². The summed E-state index contributed by atoms with van der Waals surface area (Å²) >= 11 is 0. The van der Waals surface area contributed by atoms with Gasteiger partial charge < -0.3 is 14.2 Å². The van der Waals surface area contributed by atoms with Crippen molar-refractivity contribution in [3.05, 3.63) is 48.5 Å². The molecule has 0 aliphatic carbocycles. The van der Waals surface area contributed by atoms with Crippen LogP contribution in [0.3, 0.4) is 0 Å². The Labute approximate surface area is 184 Å². The lowest BCUT2D eigenvalue weighted by Gasteiger charge is -2.26. The Morgan fingerprint density at radius 3 is 2.39 bits per heavy atom. The largest absolute Gasteiger partial charge is 0.497 e. The molecule has 0 bridgehead atoms. The van der Waals surface area contributed by atoms with Gasteiger partial charge in [0, 0.05) is 23.6 Å². The van der Waals surface area contributed by atoms with Gasteiger partial charge in [-0.05, 0) is 74.8 Å². The Morgan fingerprint density at radius 1 is 0.871 bits per heavy atom. The number of nitrogens with zero attached hydrogens (tertiary/aromatic N) is 2. The minimum absolute atomic E-state index is 0.666. The van der Waals surface area contributed by atoms with Crippen LogP contribution >= 0.6 is 0 Å². The molecule has 5 nitrogen and oxygen atoms in total. The molecule has 1 aliphatic rings. The molecule has 0 atom stereocenters. The maximum Gasteiger partial charge on any atom is 0.131 e. The van der Waals surface area contributed by atoms with Crippen LogP contribution in [-0.2, 0) is 0 Å². The van der Waals surface area contributed by atoms with E-state index < -0.39 is 0 Å². The molecule has 0 unspecified atom stereocenters. The first-order valence-electron chi connectivity index (χ1n) is 11.3. The zero-order chi connectivity index (χ0) is 21.5. The van der Waals surface area contributed by atoms with Crippen molar-refractivity contribution >= 4 is 10.9 Å². The Morgan fingerprint density at radius 2 is 1.65 bits per heavy atom. The summed E-state index contributed by atoms with van der Waals surface area (Å²) < 4.78 is 17.4. The van der Waals surface area contributed by atoms with Gasteiger partial charge in [-0.3, -0.25) is 4.90 Å². The normalized spacial score (nSPS) is 14.5. The van der Waals surface area contributed by atoms with Crippen LogP contribution in [0.5, 0.6) is 17.2 Å². The van der Waals surface area contributed by atoms with Crippen LogP contribution in [0, 0.1) is 0 Å². The highest BCUT2D eigenvalue weighted by atomic mass is 16.5. The van der Waals surface area contributed by atoms with E-state index in [0.29, 0.717) is 6.61 Å². The monoisotopic (exact) mass is 420 g/mol. The Bertz CT molecular complexity index is 982. The van der Waals surface area contributed by atoms with Gasteiger partial charge in [-0.2, -0.15) is 0 Å². The number of benzene rings is 2. The van der Waals surface area contributed by atoms with Crippen LogP contribution in [0.25, 0.3) is 22.2 Å². The number of aromatic nitrogens is 1. The number of hydrogen-bond donors (Lipinski definition) is 0. The van der Waals surface area contributed by atoms with Crippen molar-refractivity contribution in [1.29, 1.82) is 0 Å². The average molecular weight is 421 g/mol. The van der Waals surface area contributed by atoms with Crippen molar-refractivity contribution in [2.45, 2.75) is 32.6 Å². The summed E-state index contributed by atoms with van der Waals surface area (Å²) in [6, 6.07) is 16.1. The van der Waals surface area contributed by atoms with Gasteiger partial charge in [-0.1, -0.05) is 13.3 Å². The fraction of sp³-hybridized carbons (Fsp3) is 0.423. The third-order valence-electron chi connectivity index (χ3n) is 5.71. The van der Waals surface area contributed by atoms with Gasteiger partial charge in [0.25, 0.3) is 0 Å². The molecule has 1 aromatic heterocycles. The van der Waals surface area contributed by atoms with E-state index in [4.69, 9.17) is 19.2 Å². The Hall–Kier alpha value is -2.79. The smallest absolute Gasteiger partial charge is 0.131 e. The maximum atomic E-state index is 6.30. The topological polar surface area (TPSA) is 43.8 Å². The molecule has 3 aromatic rings. The van der Waals surface area contributed by atoms with E-state index >= 15 is 0 Å². The third kappa shape index (κ3) is 5.47. The highest BCUT2D eigenvalue weighted by Crippen LogP contribution is 2.33. The molecule has 4 rings (SSSR count). The van der Waals surface area contributed by atoms with E-state index in [9.17, 15) is 0 Å². The van der Waals surface area contributed by atoms with Gasteiger partial charge in [0.1, 0.15) is 23.9 Å². The summed E-state index contributed by atoms with van der Waals surface area (Å²) in [6.45, 7) is 6.80. The SMILES string of the molecule is CCCOc1ccc(-c2cc(OCCN3CCCCC3)c3cc(OC)ccc3n2)cc1. The van der Waals surface area contributed by atoms with Gasteiger partial charge >= 0.3 is 0 Å². The highest BCUT2D eigenvalue weighted by molar-refractivity contribution is 5.89. The number of ether oxygens (including phenoxy) is 3. The number of methoxy groups -OCH3 is 1. The van der Waals surface area contributed by atoms with Crippen molar-refractivity contribution in [2.24, 2.45) is 0 Å². The third-order valence-corrected chi connectivity index (χ3v) is 5.71. The minimum Gasteiger partial charge on any atom is -0.497 e. The average Bonchev–Trinajstić information content (AvgIpc) is 2.83.